The van der Waals surface area contributed by atoms with Gasteiger partial charge in [-0.25, -0.2) is 13.7 Å². The SMILES string of the molecule is CS[N+](C)(C1CC(OCCCCC2=CCc3cccnc3N2)C1)C(C(=O)O)c1cccc(OC2CCOCC2)c1C1CC1. The van der Waals surface area contributed by atoms with Crippen molar-refractivity contribution < 1.29 is 28.0 Å². The highest BCUT2D eigenvalue weighted by Gasteiger charge is 2.53. The van der Waals surface area contributed by atoms with E-state index in [1.807, 2.05) is 36.7 Å². The van der Waals surface area contributed by atoms with Crippen molar-refractivity contribution in [2.75, 3.05) is 38.4 Å². The number of unbranched alkanes of at least 4 members (excludes halogenated alkanes) is 1. The number of allylic oxidation sites excluding steroid dienone is 2. The summed E-state index contributed by atoms with van der Waals surface area (Å²) >= 11 is 1.64. The molecule has 9 heteroatoms. The Kier molecular flexibility index (Phi) is 9.62. The van der Waals surface area contributed by atoms with Gasteiger partial charge in [-0.15, -0.1) is 0 Å². The molecule has 1 aromatic heterocycles. The van der Waals surface area contributed by atoms with Gasteiger partial charge in [0.15, 0.2) is 0 Å². The first kappa shape index (κ1) is 30.4. The van der Waals surface area contributed by atoms with Crippen molar-refractivity contribution in [2.24, 2.45) is 0 Å². The van der Waals surface area contributed by atoms with Crippen LogP contribution in [0.3, 0.4) is 0 Å². The van der Waals surface area contributed by atoms with E-state index < -0.39 is 12.0 Å². The van der Waals surface area contributed by atoms with Crippen LogP contribution in [0.5, 0.6) is 5.75 Å². The zero-order valence-electron chi connectivity index (χ0n) is 25.5. The summed E-state index contributed by atoms with van der Waals surface area (Å²) in [6, 6.07) is 9.72. The maximum atomic E-state index is 13.0. The van der Waals surface area contributed by atoms with Crippen LogP contribution in [0.2, 0.25) is 0 Å². The first-order chi connectivity index (χ1) is 21.0. The molecule has 43 heavy (non-hydrogen) atoms. The van der Waals surface area contributed by atoms with E-state index in [4.69, 9.17) is 14.2 Å². The number of pyridine rings is 1. The number of carbonyl (C=O) groups is 1. The third kappa shape index (κ3) is 6.90. The fourth-order valence-corrected chi connectivity index (χ4v) is 7.74. The summed E-state index contributed by atoms with van der Waals surface area (Å²) in [4.78, 5) is 17.5. The van der Waals surface area contributed by atoms with Crippen LogP contribution >= 0.6 is 11.9 Å². The van der Waals surface area contributed by atoms with Crippen molar-refractivity contribution in [3.05, 3.63) is 65.0 Å². The Morgan fingerprint density at radius 2 is 1.95 bits per heavy atom. The molecule has 0 bridgehead atoms. The molecule has 3 heterocycles. The number of quaternary nitrogens is 1. The second-order valence-electron chi connectivity index (χ2n) is 12.6. The number of carboxylic acids is 1. The Morgan fingerprint density at radius 3 is 2.70 bits per heavy atom. The van der Waals surface area contributed by atoms with Crippen molar-refractivity contribution in [3.63, 3.8) is 0 Å². The number of fused-ring (bicyclic) bond motifs is 1. The highest BCUT2D eigenvalue weighted by Crippen LogP contribution is 2.52. The average molecular weight is 609 g/mol. The van der Waals surface area contributed by atoms with E-state index in [0.29, 0.717) is 9.81 Å². The molecule has 3 fully saturated rings. The molecule has 0 radical (unpaired) electrons. The van der Waals surface area contributed by atoms with Crippen LogP contribution in [-0.2, 0) is 20.7 Å². The van der Waals surface area contributed by atoms with Gasteiger partial charge in [0.25, 0.3) is 0 Å². The number of anilines is 1. The molecule has 2 unspecified atom stereocenters. The fourth-order valence-electron chi connectivity index (χ4n) is 6.86. The maximum absolute atomic E-state index is 13.0. The predicted molar refractivity (Wildman–Crippen MR) is 169 cm³/mol. The highest BCUT2D eigenvalue weighted by atomic mass is 32.2. The third-order valence-corrected chi connectivity index (χ3v) is 11.0. The summed E-state index contributed by atoms with van der Waals surface area (Å²) in [6.07, 6.45) is 16.2. The molecule has 1 aromatic carbocycles. The largest absolute Gasteiger partial charge is 0.490 e. The van der Waals surface area contributed by atoms with Gasteiger partial charge in [-0.1, -0.05) is 24.3 Å². The fraction of sp³-hybridized carbons (Fsp3) is 0.588. The number of carboxylic acid groups (broad SMARTS) is 1. The van der Waals surface area contributed by atoms with Crippen molar-refractivity contribution in [2.45, 2.75) is 94.4 Å². The Balaban J connectivity index is 1.04. The van der Waals surface area contributed by atoms with E-state index >= 15 is 0 Å². The molecule has 8 nitrogen and oxygen atoms in total. The molecule has 0 amide bonds. The Hall–Kier alpha value is -2.59. The smallest absolute Gasteiger partial charge is 0.368 e. The van der Waals surface area contributed by atoms with E-state index in [1.54, 1.807) is 11.9 Å². The van der Waals surface area contributed by atoms with Crippen LogP contribution in [0.1, 0.15) is 86.4 Å². The van der Waals surface area contributed by atoms with Crippen LogP contribution in [-0.4, -0.2) is 71.3 Å². The van der Waals surface area contributed by atoms with Gasteiger partial charge in [0.05, 0.1) is 38.3 Å². The number of aliphatic carboxylic acids is 1. The van der Waals surface area contributed by atoms with Crippen LogP contribution in [0.25, 0.3) is 0 Å². The number of nitrogens with zero attached hydrogens (tertiary/aromatic N) is 2. The zero-order valence-corrected chi connectivity index (χ0v) is 26.3. The van der Waals surface area contributed by atoms with E-state index in [9.17, 15) is 9.90 Å². The topological polar surface area (TPSA) is 89.9 Å². The molecule has 2 aromatic rings. The molecule has 232 valence electrons. The number of nitrogens with one attached hydrogen (secondary N) is 1. The number of hydrogen-bond donors (Lipinski definition) is 2. The van der Waals surface area contributed by atoms with Crippen LogP contribution in [0.15, 0.2) is 48.3 Å². The van der Waals surface area contributed by atoms with Crippen molar-refractivity contribution >= 4 is 23.7 Å². The van der Waals surface area contributed by atoms with Crippen LogP contribution in [0.4, 0.5) is 5.82 Å². The molecule has 2 N–H and O–H groups in total. The summed E-state index contributed by atoms with van der Waals surface area (Å²) in [6.45, 7) is 2.17. The maximum Gasteiger partial charge on any atom is 0.368 e. The lowest BCUT2D eigenvalue weighted by molar-refractivity contribution is -0.834. The van der Waals surface area contributed by atoms with E-state index in [-0.39, 0.29) is 18.2 Å². The van der Waals surface area contributed by atoms with Crippen LogP contribution in [0, 0.1) is 0 Å². The third-order valence-electron chi connectivity index (χ3n) is 9.71. The first-order valence-corrected chi connectivity index (χ1v) is 17.2. The summed E-state index contributed by atoms with van der Waals surface area (Å²) < 4.78 is 18.7. The van der Waals surface area contributed by atoms with Gasteiger partial charge in [-0.05, 0) is 62.1 Å². The normalized spacial score (nSPS) is 24.1. The summed E-state index contributed by atoms with van der Waals surface area (Å²) in [7, 11) is 2.10. The quantitative estimate of drug-likeness (QED) is 0.140. The molecule has 0 spiro atoms. The lowest BCUT2D eigenvalue weighted by Crippen LogP contribution is -2.58. The molecule has 6 rings (SSSR count). The summed E-state index contributed by atoms with van der Waals surface area (Å²) in [5.74, 6) is 1.47. The Bertz CT molecular complexity index is 1300. The standard InChI is InChI=1S/C34H45N3O5S/c1-37(43-2,26-21-28(22-26)41-18-4-3-8-25-14-13-24-7-6-17-35-33(24)36-25)32(34(38)39)29-9-5-10-30(31(29)23-11-12-23)42-27-15-19-40-20-16-27/h5-7,9-10,14,17,23,26-28,32H,3-4,8,11-13,15-16,18-22H2,1-2H3,(H-,35,36,38,39)/p+1. The van der Waals surface area contributed by atoms with Gasteiger partial charge >= 0.3 is 5.97 Å². The van der Waals surface area contributed by atoms with Crippen LogP contribution < -0.4 is 10.1 Å². The minimum Gasteiger partial charge on any atom is -0.490 e. The van der Waals surface area contributed by atoms with Gasteiger partial charge in [-0.2, -0.15) is 0 Å². The number of rotatable bonds is 14. The predicted octanol–water partition coefficient (Wildman–Crippen LogP) is 6.64. The molecule has 2 saturated carbocycles. The summed E-state index contributed by atoms with van der Waals surface area (Å²) in [5, 5.41) is 14.2. The van der Waals surface area contributed by atoms with Gasteiger partial charge in [0, 0.05) is 61.6 Å². The Morgan fingerprint density at radius 1 is 1.14 bits per heavy atom. The van der Waals surface area contributed by atoms with Crippen molar-refractivity contribution in [1.82, 2.24) is 4.98 Å². The van der Waals surface area contributed by atoms with E-state index in [1.165, 1.54) is 11.3 Å². The van der Waals surface area contributed by atoms with Crippen molar-refractivity contribution in [3.8, 4) is 5.75 Å². The van der Waals surface area contributed by atoms with Gasteiger partial charge < -0.3 is 24.6 Å². The molecule has 2 aliphatic heterocycles. The molecule has 1 saturated heterocycles. The van der Waals surface area contributed by atoms with Crippen molar-refractivity contribution in [1.29, 1.82) is 0 Å². The second-order valence-corrected chi connectivity index (χ2v) is 13.7. The van der Waals surface area contributed by atoms with E-state index in [2.05, 4.69) is 29.5 Å². The monoisotopic (exact) mass is 608 g/mol. The number of benzene rings is 1. The average Bonchev–Trinajstić information content (AvgIpc) is 3.83. The Labute approximate surface area is 259 Å². The number of aromatic nitrogens is 1. The first-order valence-electron chi connectivity index (χ1n) is 16.0. The van der Waals surface area contributed by atoms with E-state index in [0.717, 1.165) is 107 Å². The van der Waals surface area contributed by atoms with Gasteiger partial charge in [-0.3, -0.25) is 0 Å². The lowest BCUT2D eigenvalue weighted by atomic mass is 9.85. The molecular weight excluding hydrogens is 562 g/mol. The molecule has 2 aliphatic carbocycles. The molecular formula is C34H46N3O5S+. The molecule has 4 aliphatic rings. The summed E-state index contributed by atoms with van der Waals surface area (Å²) in [5.41, 5.74) is 4.53. The lowest BCUT2D eigenvalue weighted by Gasteiger charge is -2.49. The zero-order chi connectivity index (χ0) is 29.8. The second kappa shape index (κ2) is 13.6. The number of hydrogen-bond acceptors (Lipinski definition) is 7. The minimum atomic E-state index is -0.769. The van der Waals surface area contributed by atoms with Gasteiger partial charge in [0.2, 0.25) is 6.04 Å². The minimum absolute atomic E-state index is 0.125. The van der Waals surface area contributed by atoms with Gasteiger partial charge in [0.1, 0.15) is 23.7 Å². The number of likely N-dealkylation sites (N-methyl/N-ethyl adjacent to an activating group) is 1. The highest BCUT2D eigenvalue weighted by molar-refractivity contribution is 7.93. The number of ether oxygens (including phenoxy) is 3. The molecule has 2 atom stereocenters.